The Morgan fingerprint density at radius 2 is 1.93 bits per heavy atom. The van der Waals surface area contributed by atoms with Crippen LogP contribution in [-0.2, 0) is 34.6 Å². The second-order valence-corrected chi connectivity index (χ2v) is 11.8. The molecule has 0 bridgehead atoms. The molecule has 4 aliphatic heterocycles. The van der Waals surface area contributed by atoms with Gasteiger partial charge in [-0.2, -0.15) is 5.10 Å². The third-order valence-corrected chi connectivity index (χ3v) is 9.11. The molecule has 0 aliphatic carbocycles. The van der Waals surface area contributed by atoms with Crippen molar-refractivity contribution >= 4 is 29.3 Å². The molecule has 206 valence electrons. The number of likely N-dealkylation sites (tertiary alicyclic amines) is 1. The van der Waals surface area contributed by atoms with Crippen LogP contribution in [0.25, 0.3) is 0 Å². The predicted octanol–water partition coefficient (Wildman–Crippen LogP) is 3.27. The number of benzene rings is 2. The van der Waals surface area contributed by atoms with Gasteiger partial charge in [0.2, 0.25) is 11.8 Å². The summed E-state index contributed by atoms with van der Waals surface area (Å²) in [5.74, 6) is -0.0259. The maximum atomic E-state index is 13.2. The van der Waals surface area contributed by atoms with E-state index in [0.29, 0.717) is 31.7 Å². The van der Waals surface area contributed by atoms with Crippen LogP contribution in [0, 0.1) is 0 Å². The highest BCUT2D eigenvalue weighted by Gasteiger charge is 2.47. The minimum absolute atomic E-state index is 0.0667. The third-order valence-electron chi connectivity index (χ3n) is 8.87. The lowest BCUT2D eigenvalue weighted by Gasteiger charge is -2.38. The number of aromatic nitrogens is 2. The lowest BCUT2D eigenvalue weighted by Crippen LogP contribution is -2.52. The van der Waals surface area contributed by atoms with Gasteiger partial charge in [-0.1, -0.05) is 29.8 Å². The van der Waals surface area contributed by atoms with E-state index in [2.05, 4.69) is 33.6 Å². The van der Waals surface area contributed by atoms with Crippen molar-refractivity contribution in [1.82, 2.24) is 24.9 Å². The number of amides is 3. The van der Waals surface area contributed by atoms with Gasteiger partial charge < -0.3 is 9.64 Å². The van der Waals surface area contributed by atoms with E-state index in [1.807, 2.05) is 35.1 Å². The normalized spacial score (nSPS) is 21.9. The quantitative estimate of drug-likeness (QED) is 0.482. The number of nitrogens with one attached hydrogen (secondary N) is 1. The van der Waals surface area contributed by atoms with E-state index in [0.717, 1.165) is 54.4 Å². The molecule has 3 amide bonds. The average Bonchev–Trinajstić information content (AvgIpc) is 3.62. The summed E-state index contributed by atoms with van der Waals surface area (Å²) >= 11 is 6.12. The molecule has 40 heavy (non-hydrogen) atoms. The summed E-state index contributed by atoms with van der Waals surface area (Å²) in [4.78, 5) is 41.3. The SMILES string of the molecule is O=C1CCC(N2Cc3c(ccc4c3OCC43CCN(Cc4cnn(Cc5cccc(Cl)c5)c4)CC3)C2=O)C(=O)N1. The van der Waals surface area contributed by atoms with Crippen molar-refractivity contribution < 1.29 is 19.1 Å². The molecule has 2 aromatic carbocycles. The van der Waals surface area contributed by atoms with Crippen LogP contribution in [-0.4, -0.2) is 63.0 Å². The molecule has 1 aromatic heterocycles. The molecule has 1 unspecified atom stereocenters. The van der Waals surface area contributed by atoms with Crippen molar-refractivity contribution in [2.75, 3.05) is 19.7 Å². The van der Waals surface area contributed by atoms with Gasteiger partial charge in [0.25, 0.3) is 5.91 Å². The number of fused-ring (bicyclic) bond motifs is 4. The maximum Gasteiger partial charge on any atom is 0.255 e. The minimum atomic E-state index is -0.623. The van der Waals surface area contributed by atoms with Gasteiger partial charge in [0.05, 0.1) is 25.9 Å². The fourth-order valence-electron chi connectivity index (χ4n) is 6.69. The van der Waals surface area contributed by atoms with Crippen LogP contribution in [0.1, 0.15) is 58.3 Å². The number of imide groups is 1. The van der Waals surface area contributed by atoms with Gasteiger partial charge in [-0.15, -0.1) is 0 Å². The van der Waals surface area contributed by atoms with Crippen LogP contribution < -0.4 is 10.1 Å². The highest BCUT2D eigenvalue weighted by Crippen LogP contribution is 2.49. The van der Waals surface area contributed by atoms with Crippen molar-refractivity contribution in [2.45, 2.75) is 56.8 Å². The van der Waals surface area contributed by atoms with Crippen molar-refractivity contribution in [2.24, 2.45) is 0 Å². The first-order chi connectivity index (χ1) is 19.4. The Morgan fingerprint density at radius 3 is 2.73 bits per heavy atom. The van der Waals surface area contributed by atoms with Crippen molar-refractivity contribution in [1.29, 1.82) is 0 Å². The van der Waals surface area contributed by atoms with Crippen LogP contribution in [0.2, 0.25) is 5.02 Å². The van der Waals surface area contributed by atoms with E-state index in [1.165, 1.54) is 11.1 Å². The van der Waals surface area contributed by atoms with Crippen LogP contribution >= 0.6 is 11.6 Å². The van der Waals surface area contributed by atoms with Crippen LogP contribution in [0.3, 0.4) is 0 Å². The van der Waals surface area contributed by atoms with E-state index in [1.54, 1.807) is 4.90 Å². The van der Waals surface area contributed by atoms with Gasteiger partial charge in [-0.3, -0.25) is 29.3 Å². The number of carbonyl (C=O) groups excluding carboxylic acids is 3. The number of ether oxygens (including phenoxy) is 1. The van der Waals surface area contributed by atoms with Crippen molar-refractivity contribution in [3.8, 4) is 5.75 Å². The number of hydrogen-bond donors (Lipinski definition) is 1. The fourth-order valence-corrected chi connectivity index (χ4v) is 6.90. The molecule has 0 radical (unpaired) electrons. The zero-order valence-corrected chi connectivity index (χ0v) is 22.8. The number of halogens is 1. The van der Waals surface area contributed by atoms with Crippen molar-refractivity contribution in [3.63, 3.8) is 0 Å². The number of carbonyl (C=O) groups is 3. The first-order valence-electron chi connectivity index (χ1n) is 13.8. The number of piperidine rings is 2. The zero-order chi connectivity index (χ0) is 27.4. The van der Waals surface area contributed by atoms with Crippen molar-refractivity contribution in [3.05, 3.63) is 81.6 Å². The Bertz CT molecular complexity index is 1530. The summed E-state index contributed by atoms with van der Waals surface area (Å²) in [7, 11) is 0. The lowest BCUT2D eigenvalue weighted by molar-refractivity contribution is -0.136. The van der Waals surface area contributed by atoms with Crippen LogP contribution in [0.5, 0.6) is 5.75 Å². The maximum absolute atomic E-state index is 13.2. The second kappa shape index (κ2) is 9.74. The summed E-state index contributed by atoms with van der Waals surface area (Å²) in [6.45, 7) is 4.37. The second-order valence-electron chi connectivity index (χ2n) is 11.4. The van der Waals surface area contributed by atoms with E-state index >= 15 is 0 Å². The van der Waals surface area contributed by atoms with Gasteiger partial charge >= 0.3 is 0 Å². The molecule has 4 aliphatic rings. The van der Waals surface area contributed by atoms with Crippen LogP contribution in [0.15, 0.2) is 48.8 Å². The predicted molar refractivity (Wildman–Crippen MR) is 147 cm³/mol. The summed E-state index contributed by atoms with van der Waals surface area (Å²) in [5, 5.41) is 7.65. The molecule has 7 rings (SSSR count). The monoisotopic (exact) mass is 559 g/mol. The molecular weight excluding hydrogens is 530 g/mol. The molecule has 5 heterocycles. The Morgan fingerprint density at radius 1 is 1.07 bits per heavy atom. The molecule has 1 spiro atoms. The largest absolute Gasteiger partial charge is 0.492 e. The fraction of sp³-hybridized carbons (Fsp3) is 0.400. The molecule has 9 nitrogen and oxygen atoms in total. The van der Waals surface area contributed by atoms with Gasteiger partial charge in [0.15, 0.2) is 0 Å². The first kappa shape index (κ1) is 25.3. The Hall–Kier alpha value is -3.69. The smallest absolute Gasteiger partial charge is 0.255 e. The van der Waals surface area contributed by atoms with E-state index < -0.39 is 11.9 Å². The molecule has 2 saturated heterocycles. The van der Waals surface area contributed by atoms with E-state index in [-0.39, 0.29) is 23.7 Å². The molecular formula is C30H30ClN5O4. The third kappa shape index (κ3) is 4.37. The summed E-state index contributed by atoms with van der Waals surface area (Å²) in [5.41, 5.74) is 4.90. The number of hydrogen-bond acceptors (Lipinski definition) is 6. The first-order valence-corrected chi connectivity index (χ1v) is 14.2. The molecule has 1 atom stereocenters. The minimum Gasteiger partial charge on any atom is -0.492 e. The topological polar surface area (TPSA) is 96.8 Å². The van der Waals surface area contributed by atoms with Gasteiger partial charge in [-0.05, 0) is 56.1 Å². The number of nitrogens with zero attached hydrogens (tertiary/aromatic N) is 4. The average molecular weight is 560 g/mol. The Labute approximate surface area is 237 Å². The summed E-state index contributed by atoms with van der Waals surface area (Å²) in [6.07, 6.45) is 6.59. The van der Waals surface area contributed by atoms with Gasteiger partial charge in [-0.25, -0.2) is 0 Å². The molecule has 2 fully saturated rings. The van der Waals surface area contributed by atoms with Gasteiger partial charge in [0.1, 0.15) is 11.8 Å². The highest BCUT2D eigenvalue weighted by molar-refractivity contribution is 6.30. The Balaban J connectivity index is 1.01. The molecule has 3 aromatic rings. The Kier molecular flexibility index (Phi) is 6.16. The van der Waals surface area contributed by atoms with Gasteiger partial charge in [0, 0.05) is 51.9 Å². The summed E-state index contributed by atoms with van der Waals surface area (Å²) < 4.78 is 8.26. The van der Waals surface area contributed by atoms with E-state index in [4.69, 9.17) is 16.3 Å². The summed E-state index contributed by atoms with van der Waals surface area (Å²) in [6, 6.07) is 11.2. The molecule has 10 heteroatoms. The molecule has 0 saturated carbocycles. The molecule has 1 N–H and O–H groups in total. The van der Waals surface area contributed by atoms with Crippen LogP contribution in [0.4, 0.5) is 0 Å². The zero-order valence-electron chi connectivity index (χ0n) is 22.1. The highest BCUT2D eigenvalue weighted by atomic mass is 35.5. The lowest BCUT2D eigenvalue weighted by atomic mass is 9.74. The standard InChI is InChI=1S/C30H30ClN5O4/c31-21-3-1-2-19(12-21)15-35-16-20(13-32-35)14-34-10-8-30(9-11-34)18-40-27-23-17-36(25-6-7-26(37)33-28(25)38)29(39)22(23)4-5-24(27)30/h1-5,12-13,16,25H,6-11,14-15,17-18H2,(H,33,37,38). The number of rotatable bonds is 5. The van der Waals surface area contributed by atoms with E-state index in [9.17, 15) is 14.4 Å².